The molecule has 9 nitrogen and oxygen atoms in total. The summed E-state index contributed by atoms with van der Waals surface area (Å²) in [6.07, 6.45) is 17.3. The zero-order valence-electron chi connectivity index (χ0n) is 27.6. The van der Waals surface area contributed by atoms with Crippen molar-refractivity contribution in [2.45, 2.75) is 77.6 Å². The molecule has 0 atom stereocenters. The quantitative estimate of drug-likeness (QED) is 0.119. The maximum atomic E-state index is 12.3. The maximum absolute atomic E-state index is 12.3. The molecule has 0 saturated heterocycles. The molecule has 9 heteroatoms. The molecule has 4 aromatic rings. The van der Waals surface area contributed by atoms with E-state index in [-0.39, 0.29) is 24.1 Å². The minimum Gasteiger partial charge on any atom is -0.405 e. The maximum Gasteiger partial charge on any atom is 0.230 e. The number of allylic oxidation sites excluding steroid dienone is 3. The van der Waals surface area contributed by atoms with Gasteiger partial charge in [0.25, 0.3) is 0 Å². The highest BCUT2D eigenvalue weighted by atomic mass is 16.2. The third-order valence-corrected chi connectivity index (χ3v) is 8.22. The van der Waals surface area contributed by atoms with E-state index in [0.717, 1.165) is 33.3 Å². The molecule has 2 aromatic carbocycles. The van der Waals surface area contributed by atoms with Gasteiger partial charge in [0.1, 0.15) is 5.82 Å². The summed E-state index contributed by atoms with van der Waals surface area (Å²) in [5, 5.41) is 15.1. The Bertz CT molecular complexity index is 1710. The van der Waals surface area contributed by atoms with Gasteiger partial charge in [-0.2, -0.15) is 5.10 Å². The van der Waals surface area contributed by atoms with E-state index in [1.807, 2.05) is 73.8 Å². The molecular weight excluding hydrogens is 586 g/mol. The highest BCUT2D eigenvalue weighted by Gasteiger charge is 2.17. The van der Waals surface area contributed by atoms with Gasteiger partial charge in [0.05, 0.1) is 18.5 Å². The zero-order valence-corrected chi connectivity index (χ0v) is 27.6. The van der Waals surface area contributed by atoms with Gasteiger partial charge < -0.3 is 27.1 Å². The SMILES string of the molecule is C/C=C\c1c(CC(=O)N/C(N)=C/C=C\N)cccc1C(C)C.O=C(Cc1cccc2[nH]ccc12)Nc1ccc(C2CCCCC2)nn1. The number of carbonyl (C=O) groups excluding carboxylic acids is 2. The number of anilines is 1. The van der Waals surface area contributed by atoms with Crippen molar-refractivity contribution >= 4 is 34.6 Å². The van der Waals surface area contributed by atoms with E-state index in [0.29, 0.717) is 24.1 Å². The van der Waals surface area contributed by atoms with E-state index >= 15 is 0 Å². The van der Waals surface area contributed by atoms with Crippen LogP contribution in [-0.4, -0.2) is 27.0 Å². The number of H-pyrrole nitrogens is 1. The standard InChI is InChI=1S/C20H22N4O.C18H25N3O/c25-20(13-15-7-4-8-18-16(15)11-12-21-18)22-19-10-9-17(23-24-19)14-5-2-1-3-6-14;1-4-7-16-14(8-5-9-15(16)13(2)3)12-18(22)21-17(20)10-6-11-19/h4,7-12,14,21H,1-3,5-6,13H2,(H,22,24,25);4-11,13H,12,19-20H2,1-3H3,(H,21,22)/b;7-4-,11-6-,17-10+. The summed E-state index contributed by atoms with van der Waals surface area (Å²) in [4.78, 5) is 27.6. The summed E-state index contributed by atoms with van der Waals surface area (Å²) in [6.45, 7) is 6.26. The van der Waals surface area contributed by atoms with E-state index in [1.165, 1.54) is 43.9 Å². The highest BCUT2D eigenvalue weighted by molar-refractivity contribution is 5.95. The van der Waals surface area contributed by atoms with Crippen molar-refractivity contribution in [1.29, 1.82) is 0 Å². The van der Waals surface area contributed by atoms with Crippen LogP contribution in [0.1, 0.15) is 92.7 Å². The van der Waals surface area contributed by atoms with Gasteiger partial charge in [-0.15, -0.1) is 5.10 Å². The van der Waals surface area contributed by atoms with Gasteiger partial charge >= 0.3 is 0 Å². The topological polar surface area (TPSA) is 152 Å². The molecule has 2 heterocycles. The Balaban J connectivity index is 0.000000215. The second kappa shape index (κ2) is 17.5. The van der Waals surface area contributed by atoms with Gasteiger partial charge in [-0.25, -0.2) is 0 Å². The minimum absolute atomic E-state index is 0.0755. The third kappa shape index (κ3) is 10.2. The number of benzene rings is 2. The number of nitrogens with one attached hydrogen (secondary N) is 3. The lowest BCUT2D eigenvalue weighted by atomic mass is 9.87. The summed E-state index contributed by atoms with van der Waals surface area (Å²) in [5.41, 5.74) is 17.4. The Morgan fingerprint density at radius 1 is 0.957 bits per heavy atom. The van der Waals surface area contributed by atoms with Gasteiger partial charge in [0, 0.05) is 23.0 Å². The summed E-state index contributed by atoms with van der Waals surface area (Å²) in [5.74, 6) is 1.50. The molecule has 1 saturated carbocycles. The molecule has 1 aliphatic carbocycles. The van der Waals surface area contributed by atoms with E-state index < -0.39 is 0 Å². The van der Waals surface area contributed by atoms with Gasteiger partial charge in [0.15, 0.2) is 5.82 Å². The van der Waals surface area contributed by atoms with Crippen LogP contribution in [0.3, 0.4) is 0 Å². The number of hydrogen-bond acceptors (Lipinski definition) is 6. The van der Waals surface area contributed by atoms with Crippen LogP contribution in [0.4, 0.5) is 5.82 Å². The lowest BCUT2D eigenvalue weighted by Crippen LogP contribution is -2.29. The summed E-state index contributed by atoms with van der Waals surface area (Å²) in [7, 11) is 0. The van der Waals surface area contributed by atoms with Crippen molar-refractivity contribution in [3.05, 3.63) is 119 Å². The predicted molar refractivity (Wildman–Crippen MR) is 191 cm³/mol. The normalized spacial score (nSPS) is 14.0. The predicted octanol–water partition coefficient (Wildman–Crippen LogP) is 6.96. The first-order chi connectivity index (χ1) is 22.8. The highest BCUT2D eigenvalue weighted by Crippen LogP contribution is 2.31. The van der Waals surface area contributed by atoms with Crippen LogP contribution in [0.2, 0.25) is 0 Å². The number of aromatic nitrogens is 3. The van der Waals surface area contributed by atoms with E-state index in [9.17, 15) is 9.59 Å². The van der Waals surface area contributed by atoms with Gasteiger partial charge in [-0.05, 0) is 90.6 Å². The summed E-state index contributed by atoms with van der Waals surface area (Å²) in [6, 6.07) is 17.9. The summed E-state index contributed by atoms with van der Waals surface area (Å²) < 4.78 is 0. The number of amides is 2. The average molecular weight is 634 g/mol. The van der Waals surface area contributed by atoms with Gasteiger partial charge in [0.2, 0.25) is 11.8 Å². The van der Waals surface area contributed by atoms with Crippen LogP contribution < -0.4 is 22.1 Å². The molecular formula is C38H47N7O2. The number of fused-ring (bicyclic) bond motifs is 1. The van der Waals surface area contributed by atoms with Crippen molar-refractivity contribution in [3.63, 3.8) is 0 Å². The third-order valence-electron chi connectivity index (χ3n) is 8.22. The van der Waals surface area contributed by atoms with Crippen LogP contribution in [0.5, 0.6) is 0 Å². The van der Waals surface area contributed by atoms with Crippen LogP contribution >= 0.6 is 0 Å². The monoisotopic (exact) mass is 633 g/mol. The molecule has 1 fully saturated rings. The van der Waals surface area contributed by atoms with E-state index in [2.05, 4.69) is 45.7 Å². The first kappa shape index (κ1) is 34.7. The Morgan fingerprint density at radius 3 is 2.40 bits per heavy atom. The number of aromatic amines is 1. The lowest BCUT2D eigenvalue weighted by Gasteiger charge is -2.20. The van der Waals surface area contributed by atoms with E-state index in [4.69, 9.17) is 11.5 Å². The van der Waals surface area contributed by atoms with Crippen molar-refractivity contribution in [3.8, 4) is 0 Å². The fourth-order valence-corrected chi connectivity index (χ4v) is 5.93. The van der Waals surface area contributed by atoms with Crippen LogP contribution in [-0.2, 0) is 22.4 Å². The molecule has 2 aromatic heterocycles. The molecule has 47 heavy (non-hydrogen) atoms. The second-order valence-corrected chi connectivity index (χ2v) is 12.1. The van der Waals surface area contributed by atoms with Crippen molar-refractivity contribution < 1.29 is 9.59 Å². The number of hydrogen-bond donors (Lipinski definition) is 5. The Hall–Kier alpha value is -5.18. The Kier molecular flexibility index (Phi) is 12.9. The largest absolute Gasteiger partial charge is 0.405 e. The minimum atomic E-state index is -0.147. The van der Waals surface area contributed by atoms with Gasteiger partial charge in [-0.1, -0.05) is 75.6 Å². The molecule has 1 aliphatic rings. The number of nitrogens with two attached hydrogens (primary N) is 2. The zero-order chi connectivity index (χ0) is 33.6. The molecule has 0 aliphatic heterocycles. The first-order valence-electron chi connectivity index (χ1n) is 16.4. The lowest BCUT2D eigenvalue weighted by molar-refractivity contribution is -0.119. The van der Waals surface area contributed by atoms with Crippen LogP contribution in [0, 0.1) is 0 Å². The fourth-order valence-electron chi connectivity index (χ4n) is 5.93. The van der Waals surface area contributed by atoms with Gasteiger partial charge in [-0.3, -0.25) is 9.59 Å². The molecule has 2 amide bonds. The molecule has 246 valence electrons. The molecule has 0 radical (unpaired) electrons. The first-order valence-corrected chi connectivity index (χ1v) is 16.4. The fraction of sp³-hybridized carbons (Fsp3) is 0.316. The van der Waals surface area contributed by atoms with Crippen molar-refractivity contribution in [2.75, 3.05) is 5.32 Å². The van der Waals surface area contributed by atoms with Crippen LogP contribution in [0.15, 0.2) is 91.0 Å². The molecule has 0 unspecified atom stereocenters. The van der Waals surface area contributed by atoms with Crippen molar-refractivity contribution in [2.24, 2.45) is 11.5 Å². The smallest absolute Gasteiger partial charge is 0.230 e. The molecule has 0 spiro atoms. The molecule has 5 rings (SSSR count). The average Bonchev–Trinajstić information content (AvgIpc) is 3.56. The van der Waals surface area contributed by atoms with Crippen LogP contribution in [0.25, 0.3) is 17.0 Å². The summed E-state index contributed by atoms with van der Waals surface area (Å²) >= 11 is 0. The second-order valence-electron chi connectivity index (χ2n) is 12.1. The molecule has 0 bridgehead atoms. The van der Waals surface area contributed by atoms with E-state index in [1.54, 1.807) is 12.2 Å². The number of nitrogens with zero attached hydrogens (tertiary/aromatic N) is 2. The number of carbonyl (C=O) groups is 2. The Morgan fingerprint density at radius 2 is 1.70 bits per heavy atom. The number of rotatable bonds is 10. The van der Waals surface area contributed by atoms with Crippen molar-refractivity contribution in [1.82, 2.24) is 20.5 Å². The molecule has 7 N–H and O–H groups in total. The Labute approximate surface area is 277 Å².